The van der Waals surface area contributed by atoms with E-state index in [1.165, 1.54) is 24.3 Å². The number of hydrogen-bond donors (Lipinski definition) is 1. The SMILES string of the molecule is Cc1ccc([C@@]2(c3ccccc3)NC(=O)N(CC(=O)c3ccc(F)cc3)C2=O)cc1C. The first-order valence-electron chi connectivity index (χ1n) is 9.89. The van der Waals surface area contributed by atoms with Gasteiger partial charge in [0, 0.05) is 5.56 Å². The minimum Gasteiger partial charge on any atom is -0.315 e. The summed E-state index contributed by atoms with van der Waals surface area (Å²) in [6, 6.07) is 18.9. The standard InChI is InChI=1S/C25H21FN2O3/c1-16-8-11-20(14-17(16)2)25(19-6-4-3-5-7-19)23(30)28(24(31)27-25)15-22(29)18-9-12-21(26)13-10-18/h3-14H,15H2,1-2H3,(H,27,31)/t25-/m1/s1. The monoisotopic (exact) mass is 416 g/mol. The molecule has 31 heavy (non-hydrogen) atoms. The number of carbonyl (C=O) groups is 3. The van der Waals surface area contributed by atoms with Crippen LogP contribution in [-0.2, 0) is 10.3 Å². The van der Waals surface area contributed by atoms with Crippen molar-refractivity contribution in [2.45, 2.75) is 19.4 Å². The molecule has 0 aromatic heterocycles. The van der Waals surface area contributed by atoms with Crippen molar-refractivity contribution in [2.24, 2.45) is 0 Å². The molecule has 6 heteroatoms. The van der Waals surface area contributed by atoms with Crippen molar-refractivity contribution < 1.29 is 18.8 Å². The van der Waals surface area contributed by atoms with E-state index in [0.29, 0.717) is 11.1 Å². The smallest absolute Gasteiger partial charge is 0.315 e. The first-order chi connectivity index (χ1) is 14.8. The van der Waals surface area contributed by atoms with Crippen LogP contribution in [0.4, 0.5) is 9.18 Å². The van der Waals surface area contributed by atoms with Crippen LogP contribution in [0.3, 0.4) is 0 Å². The number of Topliss-reactive ketones (excluding diaryl/α,β-unsaturated/α-hetero) is 1. The van der Waals surface area contributed by atoms with Gasteiger partial charge in [-0.2, -0.15) is 0 Å². The molecule has 4 rings (SSSR count). The zero-order valence-corrected chi connectivity index (χ0v) is 17.2. The summed E-state index contributed by atoms with van der Waals surface area (Å²) in [5, 5.41) is 2.84. The van der Waals surface area contributed by atoms with Gasteiger partial charge in [-0.1, -0.05) is 48.5 Å². The van der Waals surface area contributed by atoms with Gasteiger partial charge in [0.2, 0.25) is 0 Å². The average Bonchev–Trinajstić information content (AvgIpc) is 3.02. The van der Waals surface area contributed by atoms with Crippen molar-refractivity contribution >= 4 is 17.7 Å². The highest BCUT2D eigenvalue weighted by Crippen LogP contribution is 2.36. The first-order valence-corrected chi connectivity index (χ1v) is 9.89. The molecule has 1 fully saturated rings. The van der Waals surface area contributed by atoms with E-state index in [1.54, 1.807) is 24.3 Å². The summed E-state index contributed by atoms with van der Waals surface area (Å²) in [5.41, 5.74) is 2.07. The summed E-state index contributed by atoms with van der Waals surface area (Å²) in [6.07, 6.45) is 0. The van der Waals surface area contributed by atoms with Gasteiger partial charge in [-0.25, -0.2) is 9.18 Å². The number of ketones is 1. The molecular weight excluding hydrogens is 395 g/mol. The molecule has 0 unspecified atom stereocenters. The highest BCUT2D eigenvalue weighted by Gasteiger charge is 2.54. The van der Waals surface area contributed by atoms with Gasteiger partial charge < -0.3 is 5.32 Å². The molecule has 1 heterocycles. The number of halogens is 1. The summed E-state index contributed by atoms with van der Waals surface area (Å²) >= 11 is 0. The Labute approximate surface area is 179 Å². The van der Waals surface area contributed by atoms with Gasteiger partial charge in [0.15, 0.2) is 11.3 Å². The zero-order chi connectivity index (χ0) is 22.2. The molecule has 1 aliphatic rings. The minimum absolute atomic E-state index is 0.227. The number of carbonyl (C=O) groups excluding carboxylic acids is 3. The van der Waals surface area contributed by atoms with Crippen LogP contribution in [0.15, 0.2) is 72.8 Å². The van der Waals surface area contributed by atoms with Crippen molar-refractivity contribution in [1.82, 2.24) is 10.2 Å². The lowest BCUT2D eigenvalue weighted by Crippen LogP contribution is -2.45. The second-order valence-electron chi connectivity index (χ2n) is 7.67. The van der Waals surface area contributed by atoms with Crippen LogP contribution in [-0.4, -0.2) is 29.2 Å². The average molecular weight is 416 g/mol. The fourth-order valence-electron chi connectivity index (χ4n) is 3.81. The van der Waals surface area contributed by atoms with Gasteiger partial charge in [0.1, 0.15) is 5.82 Å². The highest BCUT2D eigenvalue weighted by molar-refractivity contribution is 6.13. The van der Waals surface area contributed by atoms with Crippen LogP contribution < -0.4 is 5.32 Å². The normalized spacial score (nSPS) is 18.2. The van der Waals surface area contributed by atoms with Crippen LogP contribution in [0, 0.1) is 19.7 Å². The largest absolute Gasteiger partial charge is 0.325 e. The third-order valence-corrected chi connectivity index (χ3v) is 5.72. The number of nitrogens with one attached hydrogen (secondary N) is 1. The molecule has 0 aliphatic carbocycles. The van der Waals surface area contributed by atoms with E-state index in [4.69, 9.17) is 0 Å². The number of imide groups is 1. The topological polar surface area (TPSA) is 66.5 Å². The predicted octanol–water partition coefficient (Wildman–Crippen LogP) is 4.12. The molecule has 0 bridgehead atoms. The molecule has 5 nitrogen and oxygen atoms in total. The van der Waals surface area contributed by atoms with Crippen molar-refractivity contribution in [3.63, 3.8) is 0 Å². The summed E-state index contributed by atoms with van der Waals surface area (Å²) in [4.78, 5) is 40.2. The lowest BCUT2D eigenvalue weighted by molar-refractivity contribution is -0.129. The van der Waals surface area contributed by atoms with Crippen molar-refractivity contribution in [3.8, 4) is 0 Å². The van der Waals surface area contributed by atoms with Crippen molar-refractivity contribution in [2.75, 3.05) is 6.54 Å². The Balaban J connectivity index is 1.76. The Hall–Kier alpha value is -3.80. The molecule has 0 saturated carbocycles. The number of hydrogen-bond acceptors (Lipinski definition) is 3. The molecular formula is C25H21FN2O3. The fourth-order valence-corrected chi connectivity index (χ4v) is 3.81. The zero-order valence-electron chi connectivity index (χ0n) is 17.2. The van der Waals surface area contributed by atoms with Crippen LogP contribution in [0.25, 0.3) is 0 Å². The van der Waals surface area contributed by atoms with E-state index >= 15 is 0 Å². The summed E-state index contributed by atoms with van der Waals surface area (Å²) in [5.74, 6) is -1.45. The second-order valence-corrected chi connectivity index (χ2v) is 7.67. The maximum absolute atomic E-state index is 13.7. The van der Waals surface area contributed by atoms with Gasteiger partial charge in [0.25, 0.3) is 5.91 Å². The van der Waals surface area contributed by atoms with Crippen LogP contribution in [0.1, 0.15) is 32.6 Å². The molecule has 1 atom stereocenters. The fraction of sp³-hybridized carbons (Fsp3) is 0.160. The van der Waals surface area contributed by atoms with E-state index < -0.39 is 35.6 Å². The Morgan fingerprint density at radius 3 is 2.23 bits per heavy atom. The molecule has 0 radical (unpaired) electrons. The summed E-state index contributed by atoms with van der Waals surface area (Å²) in [7, 11) is 0. The van der Waals surface area contributed by atoms with Crippen LogP contribution >= 0.6 is 0 Å². The van der Waals surface area contributed by atoms with Gasteiger partial charge >= 0.3 is 6.03 Å². The number of benzene rings is 3. The Bertz CT molecular complexity index is 1180. The number of aryl methyl sites for hydroxylation is 2. The van der Waals surface area contributed by atoms with Crippen molar-refractivity contribution in [1.29, 1.82) is 0 Å². The van der Waals surface area contributed by atoms with Gasteiger partial charge in [0.05, 0.1) is 6.54 Å². The van der Waals surface area contributed by atoms with E-state index in [9.17, 15) is 18.8 Å². The van der Waals surface area contributed by atoms with Gasteiger partial charge in [-0.05, 0) is 60.4 Å². The first kappa shape index (κ1) is 20.5. The van der Waals surface area contributed by atoms with E-state index in [0.717, 1.165) is 16.0 Å². The predicted molar refractivity (Wildman–Crippen MR) is 114 cm³/mol. The highest BCUT2D eigenvalue weighted by atomic mass is 19.1. The molecule has 1 saturated heterocycles. The lowest BCUT2D eigenvalue weighted by Gasteiger charge is -2.28. The Kier molecular flexibility index (Phi) is 5.15. The van der Waals surface area contributed by atoms with Gasteiger partial charge in [-0.3, -0.25) is 14.5 Å². The van der Waals surface area contributed by atoms with E-state index in [1.807, 2.05) is 38.1 Å². The Morgan fingerprint density at radius 1 is 0.903 bits per heavy atom. The molecule has 0 spiro atoms. The maximum Gasteiger partial charge on any atom is 0.325 e. The maximum atomic E-state index is 13.7. The van der Waals surface area contributed by atoms with E-state index in [-0.39, 0.29) is 5.56 Å². The number of amides is 3. The molecule has 3 amide bonds. The number of nitrogens with zero attached hydrogens (tertiary/aromatic N) is 1. The molecule has 1 N–H and O–H groups in total. The minimum atomic E-state index is -1.43. The third-order valence-electron chi connectivity index (χ3n) is 5.72. The third kappa shape index (κ3) is 3.50. The number of rotatable bonds is 5. The number of urea groups is 1. The van der Waals surface area contributed by atoms with Crippen molar-refractivity contribution in [3.05, 3.63) is 106 Å². The molecule has 3 aromatic rings. The van der Waals surface area contributed by atoms with E-state index in [2.05, 4.69) is 5.32 Å². The summed E-state index contributed by atoms with van der Waals surface area (Å²) in [6.45, 7) is 3.47. The van der Waals surface area contributed by atoms with Gasteiger partial charge in [-0.15, -0.1) is 0 Å². The van der Waals surface area contributed by atoms with Crippen LogP contribution in [0.2, 0.25) is 0 Å². The summed E-state index contributed by atoms with van der Waals surface area (Å²) < 4.78 is 13.2. The quantitative estimate of drug-likeness (QED) is 0.503. The molecule has 1 aliphatic heterocycles. The van der Waals surface area contributed by atoms with Crippen LogP contribution in [0.5, 0.6) is 0 Å². The second kappa shape index (κ2) is 7.80. The lowest BCUT2D eigenvalue weighted by atomic mass is 9.81. The Morgan fingerprint density at radius 2 is 1.58 bits per heavy atom. The molecule has 156 valence electrons. The molecule has 3 aromatic carbocycles.